The molecular weight excluding hydrogens is 813 g/mol. The highest BCUT2D eigenvalue weighted by Gasteiger charge is 2.37. The van der Waals surface area contributed by atoms with E-state index in [-0.39, 0.29) is 43.8 Å². The zero-order valence-corrected chi connectivity index (χ0v) is 32.9. The normalized spacial score (nSPS) is 12.8. The van der Waals surface area contributed by atoms with E-state index < -0.39 is 47.3 Å². The van der Waals surface area contributed by atoms with Crippen LogP contribution >= 0.6 is 23.5 Å². The van der Waals surface area contributed by atoms with Crippen molar-refractivity contribution in [2.24, 2.45) is 0 Å². The minimum atomic E-state index is -0.858. The lowest BCUT2D eigenvalue weighted by molar-refractivity contribution is 0.0578. The Hall–Kier alpha value is -6.80. The molecule has 0 spiro atoms. The van der Waals surface area contributed by atoms with Crippen molar-refractivity contribution in [3.8, 4) is 11.5 Å². The molecular formula is C39H34N4O14S2. The topological polar surface area (TPSA) is 250 Å². The van der Waals surface area contributed by atoms with Crippen molar-refractivity contribution >= 4 is 70.8 Å². The smallest absolute Gasteiger partial charge is 0.412 e. The van der Waals surface area contributed by atoms with Gasteiger partial charge in [0.2, 0.25) is 46.0 Å². The molecule has 0 aliphatic heterocycles. The molecule has 0 unspecified atom stereocenters. The number of ketones is 4. The van der Waals surface area contributed by atoms with E-state index in [0.29, 0.717) is 55.4 Å². The van der Waals surface area contributed by atoms with E-state index in [2.05, 4.69) is 30.4 Å². The number of ether oxygens (including phenoxy) is 4. The Balaban J connectivity index is 0.000000224. The molecule has 4 aromatic rings. The Kier molecular flexibility index (Phi) is 15.5. The monoisotopic (exact) mass is 846 g/mol. The summed E-state index contributed by atoms with van der Waals surface area (Å²) in [6, 6.07) is 17.4. The number of Topliss-reactive ketones (excluding diaryl/α,β-unsaturated/α-hetero) is 2. The quantitative estimate of drug-likeness (QED) is 0.108. The number of fused-ring (bicyclic) bond motifs is 2. The Morgan fingerprint density at radius 1 is 0.593 bits per heavy atom. The van der Waals surface area contributed by atoms with Gasteiger partial charge in [0.1, 0.15) is 22.6 Å². The molecule has 0 saturated heterocycles. The largest absolute Gasteiger partial charge is 0.464 e. The molecule has 2 aromatic carbocycles. The van der Waals surface area contributed by atoms with Crippen LogP contribution in [0.3, 0.4) is 0 Å². The molecule has 18 nitrogen and oxygen atoms in total. The molecule has 0 fully saturated rings. The van der Waals surface area contributed by atoms with Gasteiger partial charge < -0.3 is 38.6 Å². The summed E-state index contributed by atoms with van der Waals surface area (Å²) >= 11 is 2.33. The number of para-hydroxylation sites is 2. The van der Waals surface area contributed by atoms with Crippen LogP contribution in [0.15, 0.2) is 91.7 Å². The van der Waals surface area contributed by atoms with Crippen molar-refractivity contribution < 1.29 is 66.3 Å². The van der Waals surface area contributed by atoms with Crippen molar-refractivity contribution in [1.29, 1.82) is 0 Å². The zero-order chi connectivity index (χ0) is 42.3. The SMILES string of the molecule is COC(=O)c1noc2c1C(=O)C(SCCCCNC(=O)Oc1ccccc1)=CC2=O.COC(=O)c1noc2c1C(=O)C(SCCCNC(=O)Oc1ccccc1)=CC2=O. The maximum absolute atomic E-state index is 12.6. The standard InChI is InChI=1S/C20H18N2O7S.C19H16N2O7S/c1-27-19(25)16-15-17(24)14(11-13(23)18(15)29-22-16)30-10-6-5-9-21-20(26)28-12-7-3-2-4-8-12;1-26-18(24)15-14-16(23)13(10-12(22)17(14)28-21-15)29-9-5-8-20-19(25)27-11-6-3-2-4-7-11/h2-4,7-8,11H,5-6,9-10H2,1H3,(H,21,26);2-4,6-7,10H,5,8-9H2,1H3,(H,20,25). The van der Waals surface area contributed by atoms with Crippen molar-refractivity contribution in [3.63, 3.8) is 0 Å². The number of aromatic nitrogens is 2. The second-order valence-electron chi connectivity index (χ2n) is 11.9. The number of unbranched alkanes of at least 4 members (excludes halogenated alkanes) is 1. The molecule has 6 rings (SSSR count). The molecule has 2 aliphatic carbocycles. The van der Waals surface area contributed by atoms with E-state index in [9.17, 15) is 38.4 Å². The summed E-state index contributed by atoms with van der Waals surface area (Å²) in [6.07, 6.45) is 3.05. The molecule has 2 aliphatic rings. The molecule has 306 valence electrons. The van der Waals surface area contributed by atoms with Gasteiger partial charge in [-0.15, -0.1) is 23.5 Å². The number of nitrogens with zero attached hydrogens (tertiary/aromatic N) is 2. The maximum Gasteiger partial charge on any atom is 0.412 e. The second kappa shape index (κ2) is 21.1. The first-order valence-corrected chi connectivity index (χ1v) is 19.5. The third kappa shape index (κ3) is 11.4. The summed E-state index contributed by atoms with van der Waals surface area (Å²) in [7, 11) is 2.29. The van der Waals surface area contributed by atoms with E-state index in [1.807, 2.05) is 12.1 Å². The first kappa shape index (κ1) is 43.3. The fraction of sp³-hybridized carbons (Fsp3) is 0.231. The number of esters is 2. The van der Waals surface area contributed by atoms with Crippen LogP contribution < -0.4 is 20.1 Å². The number of carbonyl (C=O) groups is 8. The van der Waals surface area contributed by atoms with Crippen LogP contribution in [0.2, 0.25) is 0 Å². The van der Waals surface area contributed by atoms with Gasteiger partial charge in [-0.25, -0.2) is 19.2 Å². The van der Waals surface area contributed by atoms with Gasteiger partial charge in [0, 0.05) is 25.2 Å². The van der Waals surface area contributed by atoms with E-state index in [4.69, 9.17) is 18.5 Å². The average molecular weight is 847 g/mol. The van der Waals surface area contributed by atoms with Gasteiger partial charge in [-0.2, -0.15) is 0 Å². The van der Waals surface area contributed by atoms with Gasteiger partial charge in [0.05, 0.1) is 24.0 Å². The minimum Gasteiger partial charge on any atom is -0.464 e. The third-order valence-electron chi connectivity index (χ3n) is 7.87. The van der Waals surface area contributed by atoms with Crippen LogP contribution in [-0.4, -0.2) is 96.4 Å². The number of nitrogens with one attached hydrogen (secondary N) is 2. The summed E-state index contributed by atoms with van der Waals surface area (Å²) in [5.74, 6) is -2.46. The molecule has 2 amide bonds. The molecule has 20 heteroatoms. The highest BCUT2D eigenvalue weighted by atomic mass is 32.2. The zero-order valence-electron chi connectivity index (χ0n) is 31.3. The number of amides is 2. The van der Waals surface area contributed by atoms with Crippen molar-refractivity contribution in [2.75, 3.05) is 38.8 Å². The minimum absolute atomic E-state index is 0.165. The Bertz CT molecular complexity index is 2300. The molecule has 2 heterocycles. The molecule has 0 saturated carbocycles. The van der Waals surface area contributed by atoms with Crippen LogP contribution in [0.5, 0.6) is 11.5 Å². The number of hydrogen-bond acceptors (Lipinski definition) is 18. The van der Waals surface area contributed by atoms with Gasteiger partial charge in [0.15, 0.2) is 0 Å². The summed E-state index contributed by atoms with van der Waals surface area (Å²) in [6.45, 7) is 0.723. The molecule has 59 heavy (non-hydrogen) atoms. The van der Waals surface area contributed by atoms with Crippen LogP contribution in [0, 0.1) is 0 Å². The lowest BCUT2D eigenvalue weighted by Gasteiger charge is -2.11. The van der Waals surface area contributed by atoms with Gasteiger partial charge in [-0.05, 0) is 55.0 Å². The lowest BCUT2D eigenvalue weighted by Crippen LogP contribution is -2.28. The number of thioether (sulfide) groups is 2. The summed E-state index contributed by atoms with van der Waals surface area (Å²) in [5.41, 5.74) is -0.978. The first-order chi connectivity index (χ1) is 28.5. The van der Waals surface area contributed by atoms with Crippen LogP contribution in [0.1, 0.15) is 82.1 Å². The lowest BCUT2D eigenvalue weighted by atomic mass is 10.00. The van der Waals surface area contributed by atoms with Gasteiger partial charge in [-0.3, -0.25) is 19.2 Å². The third-order valence-corrected chi connectivity index (χ3v) is 10.1. The molecule has 0 bridgehead atoms. The van der Waals surface area contributed by atoms with E-state index in [1.54, 1.807) is 48.5 Å². The van der Waals surface area contributed by atoms with Crippen molar-refractivity contribution in [1.82, 2.24) is 20.9 Å². The summed E-state index contributed by atoms with van der Waals surface area (Å²) in [5, 5.41) is 12.2. The van der Waals surface area contributed by atoms with E-state index in [1.165, 1.54) is 17.8 Å². The predicted octanol–water partition coefficient (Wildman–Crippen LogP) is 5.66. The Morgan fingerprint density at radius 3 is 1.42 bits per heavy atom. The van der Waals surface area contributed by atoms with Crippen LogP contribution in [0.4, 0.5) is 9.59 Å². The number of methoxy groups -OCH3 is 2. The number of hydrogen-bond donors (Lipinski definition) is 2. The van der Waals surface area contributed by atoms with Crippen LogP contribution in [-0.2, 0) is 9.47 Å². The molecule has 0 atom stereocenters. The van der Waals surface area contributed by atoms with Gasteiger partial charge >= 0.3 is 24.1 Å². The van der Waals surface area contributed by atoms with E-state index >= 15 is 0 Å². The molecule has 2 aromatic heterocycles. The first-order valence-electron chi connectivity index (χ1n) is 17.6. The summed E-state index contributed by atoms with van der Waals surface area (Å²) < 4.78 is 29.0. The predicted molar refractivity (Wildman–Crippen MR) is 209 cm³/mol. The fourth-order valence-corrected chi connectivity index (χ4v) is 7.00. The number of benzene rings is 2. The van der Waals surface area contributed by atoms with Crippen molar-refractivity contribution in [3.05, 3.63) is 117 Å². The molecule has 2 N–H and O–H groups in total. The fourth-order valence-electron chi connectivity index (χ4n) is 5.08. The molecule has 0 radical (unpaired) electrons. The maximum atomic E-state index is 12.6. The van der Waals surface area contributed by atoms with Crippen molar-refractivity contribution in [2.45, 2.75) is 19.3 Å². The Morgan fingerprint density at radius 2 is 1.00 bits per heavy atom. The number of carbonyl (C=O) groups excluding carboxylic acids is 8. The highest BCUT2D eigenvalue weighted by molar-refractivity contribution is 8.04. The Labute approximate surface area is 343 Å². The average Bonchev–Trinajstić information content (AvgIpc) is 3.90. The number of rotatable bonds is 15. The highest BCUT2D eigenvalue weighted by Crippen LogP contribution is 2.32. The summed E-state index contributed by atoms with van der Waals surface area (Å²) in [4.78, 5) is 96.7. The number of allylic oxidation sites excluding steroid dienone is 4. The van der Waals surface area contributed by atoms with Crippen LogP contribution in [0.25, 0.3) is 0 Å². The van der Waals surface area contributed by atoms with Gasteiger partial charge in [-0.1, -0.05) is 46.7 Å². The van der Waals surface area contributed by atoms with E-state index in [0.717, 1.165) is 32.1 Å². The second-order valence-corrected chi connectivity index (χ2v) is 14.1. The van der Waals surface area contributed by atoms with Gasteiger partial charge in [0.25, 0.3) is 0 Å².